The minimum Gasteiger partial charge on any atom is -0.454 e. The predicted molar refractivity (Wildman–Crippen MR) is 85.0 cm³/mol. The summed E-state index contributed by atoms with van der Waals surface area (Å²) in [5.74, 6) is 0.987. The van der Waals surface area contributed by atoms with Crippen LogP contribution in [0, 0.1) is 0 Å². The molecule has 0 saturated carbocycles. The van der Waals surface area contributed by atoms with Crippen molar-refractivity contribution in [1.29, 1.82) is 0 Å². The molecule has 1 fully saturated rings. The van der Waals surface area contributed by atoms with E-state index in [1.54, 1.807) is 24.5 Å². The van der Waals surface area contributed by atoms with Crippen molar-refractivity contribution in [2.45, 2.75) is 25.0 Å². The van der Waals surface area contributed by atoms with Gasteiger partial charge in [0, 0.05) is 19.7 Å². The normalized spacial score (nSPS) is 22.4. The van der Waals surface area contributed by atoms with Gasteiger partial charge in [-0.15, -0.1) is 0 Å². The van der Waals surface area contributed by atoms with Gasteiger partial charge in [0.1, 0.15) is 6.10 Å². The minimum absolute atomic E-state index is 0.0457. The summed E-state index contributed by atoms with van der Waals surface area (Å²) in [5, 5.41) is 3.09. The summed E-state index contributed by atoms with van der Waals surface area (Å²) in [7, 11) is 1.94. The molecule has 3 heterocycles. The van der Waals surface area contributed by atoms with Crippen LogP contribution in [-0.2, 0) is 11.8 Å². The molecule has 4 rings (SSSR count). The number of nitrogens with one attached hydrogen (secondary N) is 1. The maximum Gasteiger partial charge on any atom is 0.255 e. The molecule has 24 heavy (non-hydrogen) atoms. The van der Waals surface area contributed by atoms with Crippen LogP contribution in [0.5, 0.6) is 11.5 Å². The summed E-state index contributed by atoms with van der Waals surface area (Å²) >= 11 is 0. The number of hydrogen-bond acceptors (Lipinski definition) is 5. The lowest BCUT2D eigenvalue weighted by molar-refractivity contribution is -0.00303. The molecule has 1 saturated heterocycles. The molecule has 2 aromatic rings. The molecule has 0 bridgehead atoms. The van der Waals surface area contributed by atoms with Crippen molar-refractivity contribution in [2.75, 3.05) is 13.4 Å². The van der Waals surface area contributed by atoms with Gasteiger partial charge in [0.15, 0.2) is 11.5 Å². The fourth-order valence-electron chi connectivity index (χ4n) is 3.18. The van der Waals surface area contributed by atoms with E-state index < -0.39 is 0 Å². The third-order valence-electron chi connectivity index (χ3n) is 4.44. The van der Waals surface area contributed by atoms with Gasteiger partial charge in [-0.1, -0.05) is 6.07 Å². The molecule has 7 nitrogen and oxygen atoms in total. The van der Waals surface area contributed by atoms with Crippen LogP contribution in [0.1, 0.15) is 35.0 Å². The number of benzene rings is 1. The molecule has 1 aromatic heterocycles. The zero-order valence-corrected chi connectivity index (χ0v) is 13.4. The molecule has 2 aliphatic rings. The van der Waals surface area contributed by atoms with Gasteiger partial charge in [0.25, 0.3) is 5.91 Å². The van der Waals surface area contributed by atoms with Crippen molar-refractivity contribution >= 4 is 5.91 Å². The molecule has 0 radical (unpaired) electrons. The molecule has 2 unspecified atom stereocenters. The number of fused-ring (bicyclic) bond motifs is 1. The molecule has 7 heteroatoms. The second-order valence-electron chi connectivity index (χ2n) is 6.02. The van der Waals surface area contributed by atoms with Gasteiger partial charge in [-0.2, -0.15) is 0 Å². The Hall–Kier alpha value is -2.54. The number of hydrogen-bond donors (Lipinski definition) is 1. The number of para-hydroxylation sites is 1. The third-order valence-corrected chi connectivity index (χ3v) is 4.44. The van der Waals surface area contributed by atoms with Crippen molar-refractivity contribution in [3.63, 3.8) is 0 Å². The largest absolute Gasteiger partial charge is 0.454 e. The number of amides is 1. The summed E-state index contributed by atoms with van der Waals surface area (Å²) in [5.41, 5.74) is 1.53. The molecule has 126 valence electrons. The van der Waals surface area contributed by atoms with Crippen LogP contribution in [-0.4, -0.2) is 34.9 Å². The number of aromatic nitrogens is 2. The van der Waals surface area contributed by atoms with Gasteiger partial charge < -0.3 is 24.1 Å². The number of ether oxygens (including phenoxy) is 3. The summed E-state index contributed by atoms with van der Waals surface area (Å²) in [6.07, 6.45) is 5.01. The Kier molecular flexibility index (Phi) is 3.86. The average molecular weight is 329 g/mol. The Bertz CT molecular complexity index is 758. The van der Waals surface area contributed by atoms with Crippen LogP contribution in [0.3, 0.4) is 0 Å². The first-order valence-corrected chi connectivity index (χ1v) is 7.99. The van der Waals surface area contributed by atoms with Gasteiger partial charge in [-0.3, -0.25) is 4.79 Å². The predicted octanol–water partition coefficient (Wildman–Crippen LogP) is 1.80. The van der Waals surface area contributed by atoms with E-state index in [4.69, 9.17) is 14.2 Å². The van der Waals surface area contributed by atoms with Gasteiger partial charge in [-0.05, 0) is 25.0 Å². The Morgan fingerprint density at radius 2 is 2.29 bits per heavy atom. The zero-order chi connectivity index (χ0) is 16.5. The first kappa shape index (κ1) is 15.0. The van der Waals surface area contributed by atoms with Crippen molar-refractivity contribution in [1.82, 2.24) is 14.9 Å². The number of rotatable bonds is 3. The van der Waals surface area contributed by atoms with E-state index in [1.807, 2.05) is 17.8 Å². The van der Waals surface area contributed by atoms with E-state index in [-0.39, 0.29) is 24.8 Å². The quantitative estimate of drug-likeness (QED) is 0.929. The van der Waals surface area contributed by atoms with Gasteiger partial charge in [0.05, 0.1) is 23.8 Å². The molecule has 0 spiro atoms. The molecule has 2 atom stereocenters. The van der Waals surface area contributed by atoms with E-state index in [0.29, 0.717) is 23.7 Å². The van der Waals surface area contributed by atoms with Crippen LogP contribution in [0.4, 0.5) is 0 Å². The topological polar surface area (TPSA) is 74.6 Å². The third kappa shape index (κ3) is 2.71. The van der Waals surface area contributed by atoms with E-state index >= 15 is 0 Å². The fourth-order valence-corrected chi connectivity index (χ4v) is 3.18. The second kappa shape index (κ2) is 6.16. The van der Waals surface area contributed by atoms with Crippen molar-refractivity contribution in [3.05, 3.63) is 42.0 Å². The van der Waals surface area contributed by atoms with Crippen molar-refractivity contribution < 1.29 is 19.0 Å². The van der Waals surface area contributed by atoms with Crippen molar-refractivity contribution in [3.8, 4) is 11.5 Å². The lowest BCUT2D eigenvalue weighted by Crippen LogP contribution is -2.40. The minimum atomic E-state index is -0.145. The highest BCUT2D eigenvalue weighted by molar-refractivity contribution is 5.98. The summed E-state index contributed by atoms with van der Waals surface area (Å²) < 4.78 is 18.5. The number of aryl methyl sites for hydroxylation is 1. The van der Waals surface area contributed by atoms with Crippen molar-refractivity contribution in [2.24, 2.45) is 7.05 Å². The lowest BCUT2D eigenvalue weighted by Gasteiger charge is -2.30. The van der Waals surface area contributed by atoms with E-state index in [1.165, 1.54) is 0 Å². The Labute approximate surface area is 139 Å². The first-order valence-electron chi connectivity index (χ1n) is 7.99. The molecule has 0 aliphatic carbocycles. The fraction of sp³-hybridized carbons (Fsp3) is 0.412. The highest BCUT2D eigenvalue weighted by Crippen LogP contribution is 2.35. The first-order chi connectivity index (χ1) is 11.7. The average Bonchev–Trinajstić information content (AvgIpc) is 3.23. The lowest BCUT2D eigenvalue weighted by atomic mass is 10.0. The Morgan fingerprint density at radius 1 is 1.38 bits per heavy atom. The molecule has 1 aromatic carbocycles. The van der Waals surface area contributed by atoms with Crippen LogP contribution < -0.4 is 14.8 Å². The van der Waals surface area contributed by atoms with Gasteiger partial charge in [-0.25, -0.2) is 4.98 Å². The summed E-state index contributed by atoms with van der Waals surface area (Å²) in [6.45, 7) is 0.757. The zero-order valence-electron chi connectivity index (χ0n) is 13.4. The molecular weight excluding hydrogens is 310 g/mol. The van der Waals surface area contributed by atoms with Crippen LogP contribution in [0.2, 0.25) is 0 Å². The smallest absolute Gasteiger partial charge is 0.255 e. The maximum absolute atomic E-state index is 12.6. The van der Waals surface area contributed by atoms with Gasteiger partial charge in [0.2, 0.25) is 6.79 Å². The molecule has 1 N–H and O–H groups in total. The molecule has 2 aliphatic heterocycles. The Balaban J connectivity index is 1.46. The monoisotopic (exact) mass is 329 g/mol. The van der Waals surface area contributed by atoms with E-state index in [2.05, 4.69) is 10.3 Å². The summed E-state index contributed by atoms with van der Waals surface area (Å²) in [6, 6.07) is 5.39. The molecular formula is C17H19N3O4. The second-order valence-corrected chi connectivity index (χ2v) is 6.02. The van der Waals surface area contributed by atoms with Crippen LogP contribution >= 0.6 is 0 Å². The SMILES string of the molecule is Cn1cncc1C1CC(NC(=O)c2cccc3c2OCO3)CCO1. The maximum atomic E-state index is 12.6. The Morgan fingerprint density at radius 3 is 3.12 bits per heavy atom. The standard InChI is InChI=1S/C17H19N3O4/c1-20-9-18-8-13(20)15-7-11(5-6-22-15)19-17(21)12-3-2-4-14-16(12)24-10-23-14/h2-4,8-9,11,15H,5-7,10H2,1H3,(H,19,21). The summed E-state index contributed by atoms with van der Waals surface area (Å²) in [4.78, 5) is 16.8. The van der Waals surface area contributed by atoms with E-state index in [9.17, 15) is 4.79 Å². The van der Waals surface area contributed by atoms with Gasteiger partial charge >= 0.3 is 0 Å². The highest BCUT2D eigenvalue weighted by Gasteiger charge is 2.29. The van der Waals surface area contributed by atoms with Crippen LogP contribution in [0.15, 0.2) is 30.7 Å². The highest BCUT2D eigenvalue weighted by atomic mass is 16.7. The number of carbonyl (C=O) groups excluding carboxylic acids is 1. The van der Waals surface area contributed by atoms with E-state index in [0.717, 1.165) is 18.5 Å². The number of imidazole rings is 1. The number of carbonyl (C=O) groups is 1. The van der Waals surface area contributed by atoms with Crippen LogP contribution in [0.25, 0.3) is 0 Å². The number of nitrogens with zero attached hydrogens (tertiary/aromatic N) is 2. The molecule has 1 amide bonds.